The Labute approximate surface area is 354 Å². The third-order valence-corrected chi connectivity index (χ3v) is 14.5. The van der Waals surface area contributed by atoms with Crippen LogP contribution in [0.2, 0.25) is 0 Å². The van der Waals surface area contributed by atoms with Crippen LogP contribution in [0.5, 0.6) is 11.5 Å². The number of hydrogen-bond acceptors (Lipinski definition) is 2. The first kappa shape index (κ1) is 39.9. The van der Waals surface area contributed by atoms with E-state index in [-0.39, 0.29) is 6.29 Å². The summed E-state index contributed by atoms with van der Waals surface area (Å²) in [5.74, 6) is 5.12. The van der Waals surface area contributed by atoms with E-state index in [2.05, 4.69) is 130 Å². The first-order valence-electron chi connectivity index (χ1n) is 23.8. The third-order valence-electron chi connectivity index (χ3n) is 14.5. The number of ether oxygens (including phenoxy) is 2. The molecule has 2 aliphatic carbocycles. The van der Waals surface area contributed by atoms with Crippen molar-refractivity contribution in [2.75, 3.05) is 0 Å². The fraction of sp³-hybridized carbons (Fsp3) is 0.439. The standard InChI is InChI=1S/C57H66O2/c1-4-7-8-9-12-55-58-53-35-31-49-37-47(45-25-21-43(22-26-45)41-17-13-39(10-5-2)14-18-41)29-33-51(49)56(53)57-52-34-30-48(38-50(52)32-36-54(57)59-55)46-27-23-44(24-28-46)42-19-15-40(11-6-3)16-20-42/h21-42,55H,4-20H2,1-3H3/t39-,40-,41-,42-. The van der Waals surface area contributed by atoms with Gasteiger partial charge in [0.25, 0.3) is 0 Å². The van der Waals surface area contributed by atoms with E-state index in [1.807, 2.05) is 0 Å². The van der Waals surface area contributed by atoms with Crippen LogP contribution >= 0.6 is 0 Å². The molecule has 59 heavy (non-hydrogen) atoms. The number of benzene rings is 6. The van der Waals surface area contributed by atoms with Crippen molar-refractivity contribution in [2.24, 2.45) is 11.8 Å². The van der Waals surface area contributed by atoms with Gasteiger partial charge in [0, 0.05) is 17.5 Å². The highest BCUT2D eigenvalue weighted by molar-refractivity contribution is 6.11. The van der Waals surface area contributed by atoms with Gasteiger partial charge in [-0.05, 0) is 161 Å². The maximum Gasteiger partial charge on any atom is 0.241 e. The number of fused-ring (bicyclic) bond motifs is 7. The summed E-state index contributed by atoms with van der Waals surface area (Å²) in [5, 5.41) is 4.87. The highest BCUT2D eigenvalue weighted by atomic mass is 16.7. The lowest BCUT2D eigenvalue weighted by atomic mass is 9.77. The summed E-state index contributed by atoms with van der Waals surface area (Å²) < 4.78 is 13.7. The van der Waals surface area contributed by atoms with Gasteiger partial charge in [-0.2, -0.15) is 0 Å². The Morgan fingerprint density at radius 1 is 0.407 bits per heavy atom. The second-order valence-corrected chi connectivity index (χ2v) is 18.5. The molecule has 2 fully saturated rings. The third kappa shape index (κ3) is 8.71. The molecule has 0 amide bonds. The summed E-state index contributed by atoms with van der Waals surface area (Å²) in [6, 6.07) is 41.9. The molecule has 9 rings (SSSR count). The van der Waals surface area contributed by atoms with Crippen molar-refractivity contribution in [3.8, 4) is 44.9 Å². The highest BCUT2D eigenvalue weighted by Gasteiger charge is 2.28. The molecule has 0 spiro atoms. The van der Waals surface area contributed by atoms with Gasteiger partial charge in [0.15, 0.2) is 0 Å². The van der Waals surface area contributed by atoms with Crippen molar-refractivity contribution < 1.29 is 9.47 Å². The molecule has 1 aliphatic heterocycles. The van der Waals surface area contributed by atoms with Gasteiger partial charge in [-0.3, -0.25) is 0 Å². The van der Waals surface area contributed by atoms with E-state index in [9.17, 15) is 0 Å². The van der Waals surface area contributed by atoms with Crippen LogP contribution in [0.1, 0.15) is 153 Å². The zero-order chi connectivity index (χ0) is 40.1. The van der Waals surface area contributed by atoms with Crippen LogP contribution in [0.4, 0.5) is 0 Å². The Kier molecular flexibility index (Phi) is 12.4. The van der Waals surface area contributed by atoms with E-state index in [1.165, 1.54) is 151 Å². The van der Waals surface area contributed by atoms with E-state index in [1.54, 1.807) is 0 Å². The maximum atomic E-state index is 6.83. The Hall–Kier alpha value is -4.56. The summed E-state index contributed by atoms with van der Waals surface area (Å²) in [6.45, 7) is 6.92. The Bertz CT molecular complexity index is 2160. The summed E-state index contributed by atoms with van der Waals surface area (Å²) >= 11 is 0. The quantitative estimate of drug-likeness (QED) is 0.109. The predicted molar refractivity (Wildman–Crippen MR) is 251 cm³/mol. The molecule has 2 heteroatoms. The molecule has 2 saturated carbocycles. The largest absolute Gasteiger partial charge is 0.454 e. The lowest BCUT2D eigenvalue weighted by molar-refractivity contribution is 0.00127. The van der Waals surface area contributed by atoms with Gasteiger partial charge in [0.05, 0.1) is 0 Å². The Balaban J connectivity index is 1.03. The van der Waals surface area contributed by atoms with Crippen LogP contribution < -0.4 is 9.47 Å². The normalized spacial score (nSPS) is 20.7. The molecule has 0 N–H and O–H groups in total. The van der Waals surface area contributed by atoms with E-state index < -0.39 is 0 Å². The lowest BCUT2D eigenvalue weighted by Gasteiger charge is -2.28. The summed E-state index contributed by atoms with van der Waals surface area (Å²) in [4.78, 5) is 0. The van der Waals surface area contributed by atoms with Gasteiger partial charge < -0.3 is 9.47 Å². The smallest absolute Gasteiger partial charge is 0.241 e. The van der Waals surface area contributed by atoms with E-state index in [0.717, 1.165) is 47.3 Å². The van der Waals surface area contributed by atoms with E-state index >= 15 is 0 Å². The molecule has 6 aromatic carbocycles. The molecule has 1 heterocycles. The lowest BCUT2D eigenvalue weighted by Crippen LogP contribution is -2.23. The van der Waals surface area contributed by atoms with E-state index in [4.69, 9.17) is 9.47 Å². The SMILES string of the molecule is CCCCCCC1Oc2ccc3cc(-c4ccc([C@H]5CC[C@H](CCC)CC5)cc4)ccc3c2-c2c(ccc3cc(-c4ccc([C@H]5CC[C@H](CCC)CC5)cc4)ccc23)O1. The second-order valence-electron chi connectivity index (χ2n) is 18.5. The summed E-state index contributed by atoms with van der Waals surface area (Å²) in [7, 11) is 0. The first-order valence-corrected chi connectivity index (χ1v) is 23.8. The number of rotatable bonds is 13. The fourth-order valence-electron chi connectivity index (χ4n) is 11.1. The van der Waals surface area contributed by atoms with Crippen LogP contribution in [0.15, 0.2) is 109 Å². The molecular formula is C57H66O2. The van der Waals surface area contributed by atoms with Crippen molar-refractivity contribution in [3.63, 3.8) is 0 Å². The summed E-state index contributed by atoms with van der Waals surface area (Å²) in [5.41, 5.74) is 10.4. The van der Waals surface area contributed by atoms with Crippen molar-refractivity contribution in [3.05, 3.63) is 120 Å². The highest BCUT2D eigenvalue weighted by Crippen LogP contribution is 2.49. The zero-order valence-electron chi connectivity index (χ0n) is 36.1. The van der Waals surface area contributed by atoms with Gasteiger partial charge in [0.1, 0.15) is 11.5 Å². The maximum absolute atomic E-state index is 6.83. The number of unbranched alkanes of at least 4 members (excludes halogenated alkanes) is 3. The zero-order valence-corrected chi connectivity index (χ0v) is 36.1. The van der Waals surface area contributed by atoms with Crippen LogP contribution in [0.3, 0.4) is 0 Å². The van der Waals surface area contributed by atoms with Crippen LogP contribution in [0.25, 0.3) is 54.9 Å². The number of hydrogen-bond donors (Lipinski definition) is 0. The molecule has 6 aromatic rings. The van der Waals surface area contributed by atoms with E-state index in [0.29, 0.717) is 11.8 Å². The Morgan fingerprint density at radius 2 is 0.847 bits per heavy atom. The first-order chi connectivity index (χ1) is 29.1. The molecule has 0 atom stereocenters. The molecule has 0 unspecified atom stereocenters. The monoisotopic (exact) mass is 783 g/mol. The van der Waals surface area contributed by atoms with Crippen LogP contribution in [-0.4, -0.2) is 6.29 Å². The molecule has 3 aliphatic rings. The van der Waals surface area contributed by atoms with Gasteiger partial charge in [0.2, 0.25) is 6.29 Å². The minimum absolute atomic E-state index is 0.319. The van der Waals surface area contributed by atoms with Gasteiger partial charge in [-0.25, -0.2) is 0 Å². The van der Waals surface area contributed by atoms with Crippen molar-refractivity contribution in [1.29, 1.82) is 0 Å². The predicted octanol–water partition coefficient (Wildman–Crippen LogP) is 17.2. The van der Waals surface area contributed by atoms with Gasteiger partial charge in [-0.1, -0.05) is 151 Å². The van der Waals surface area contributed by atoms with Crippen LogP contribution in [-0.2, 0) is 0 Å². The topological polar surface area (TPSA) is 18.5 Å². The molecule has 0 saturated heterocycles. The van der Waals surface area contributed by atoms with Crippen molar-refractivity contribution in [2.45, 2.75) is 148 Å². The van der Waals surface area contributed by atoms with Gasteiger partial charge in [-0.15, -0.1) is 0 Å². The fourth-order valence-corrected chi connectivity index (χ4v) is 11.1. The molecular weight excluding hydrogens is 717 g/mol. The second kappa shape index (κ2) is 18.4. The molecule has 306 valence electrons. The average molecular weight is 783 g/mol. The molecule has 0 radical (unpaired) electrons. The average Bonchev–Trinajstić information content (AvgIpc) is 3.45. The van der Waals surface area contributed by atoms with Gasteiger partial charge >= 0.3 is 0 Å². The minimum atomic E-state index is -0.319. The summed E-state index contributed by atoms with van der Waals surface area (Å²) in [6.07, 6.45) is 21.6. The van der Waals surface area contributed by atoms with Crippen LogP contribution in [0, 0.1) is 11.8 Å². The van der Waals surface area contributed by atoms with Crippen molar-refractivity contribution >= 4 is 21.5 Å². The Morgan fingerprint density at radius 3 is 1.27 bits per heavy atom. The molecule has 2 nitrogen and oxygen atoms in total. The van der Waals surface area contributed by atoms with Crippen molar-refractivity contribution in [1.82, 2.24) is 0 Å². The molecule has 0 aromatic heterocycles. The minimum Gasteiger partial charge on any atom is -0.454 e. The molecule has 0 bridgehead atoms.